The van der Waals surface area contributed by atoms with Crippen LogP contribution in [-0.4, -0.2) is 41.6 Å². The number of hydrogen-bond donors (Lipinski definition) is 3. The van der Waals surface area contributed by atoms with E-state index in [1.807, 2.05) is 19.1 Å². The van der Waals surface area contributed by atoms with E-state index in [1.165, 1.54) is 0 Å². The third-order valence-electron chi connectivity index (χ3n) is 2.82. The average Bonchev–Trinajstić information content (AvgIpc) is 2.40. The minimum Gasteiger partial charge on any atom is -0.465 e. The standard InChI is InChI=1S/C14H21N3O3/c1-11-4-6-12(7-5-11)16-13(18)10-17(14(19)20)9-3-2-8-15/h4-7H,2-3,8-10,15H2,1H3,(H,16,18)(H,19,20). The molecule has 0 aliphatic carbocycles. The molecule has 20 heavy (non-hydrogen) atoms. The summed E-state index contributed by atoms with van der Waals surface area (Å²) in [4.78, 5) is 23.9. The monoisotopic (exact) mass is 279 g/mol. The zero-order valence-electron chi connectivity index (χ0n) is 11.6. The molecule has 0 aliphatic rings. The van der Waals surface area contributed by atoms with Crippen molar-refractivity contribution in [1.82, 2.24) is 4.90 Å². The number of carboxylic acid groups (broad SMARTS) is 1. The van der Waals surface area contributed by atoms with Crippen molar-refractivity contribution in [3.8, 4) is 0 Å². The summed E-state index contributed by atoms with van der Waals surface area (Å²) in [6, 6.07) is 7.33. The highest BCUT2D eigenvalue weighted by Crippen LogP contribution is 2.08. The summed E-state index contributed by atoms with van der Waals surface area (Å²) in [5, 5.41) is 11.7. The first kappa shape index (κ1) is 16.0. The van der Waals surface area contributed by atoms with Gasteiger partial charge in [-0.1, -0.05) is 17.7 Å². The highest BCUT2D eigenvalue weighted by molar-refractivity contribution is 5.93. The number of carbonyl (C=O) groups is 2. The molecule has 0 bridgehead atoms. The molecule has 1 rings (SSSR count). The summed E-state index contributed by atoms with van der Waals surface area (Å²) >= 11 is 0. The molecular formula is C14H21N3O3. The second kappa shape index (κ2) is 8.16. The second-order valence-electron chi connectivity index (χ2n) is 4.61. The van der Waals surface area contributed by atoms with Crippen molar-refractivity contribution in [2.24, 2.45) is 5.73 Å². The number of aryl methyl sites for hydroxylation is 1. The van der Waals surface area contributed by atoms with E-state index >= 15 is 0 Å². The summed E-state index contributed by atoms with van der Waals surface area (Å²) in [6.07, 6.45) is 0.297. The Kier molecular flexibility index (Phi) is 6.52. The molecule has 6 heteroatoms. The number of unbranched alkanes of at least 4 members (excludes halogenated alkanes) is 1. The van der Waals surface area contributed by atoms with Gasteiger partial charge < -0.3 is 16.2 Å². The number of rotatable bonds is 7. The molecule has 6 nitrogen and oxygen atoms in total. The fraction of sp³-hybridized carbons (Fsp3) is 0.429. The third kappa shape index (κ3) is 5.71. The normalized spacial score (nSPS) is 10.1. The number of nitrogens with zero attached hydrogens (tertiary/aromatic N) is 1. The van der Waals surface area contributed by atoms with E-state index < -0.39 is 6.09 Å². The molecule has 0 radical (unpaired) electrons. The van der Waals surface area contributed by atoms with Crippen molar-refractivity contribution < 1.29 is 14.7 Å². The van der Waals surface area contributed by atoms with Crippen molar-refractivity contribution in [3.63, 3.8) is 0 Å². The topological polar surface area (TPSA) is 95.7 Å². The van der Waals surface area contributed by atoms with Crippen LogP contribution in [0.15, 0.2) is 24.3 Å². The maximum atomic E-state index is 11.8. The molecule has 2 amide bonds. The van der Waals surface area contributed by atoms with Crippen molar-refractivity contribution in [2.45, 2.75) is 19.8 Å². The Hall–Kier alpha value is -2.08. The van der Waals surface area contributed by atoms with E-state index in [4.69, 9.17) is 10.8 Å². The molecule has 0 saturated heterocycles. The van der Waals surface area contributed by atoms with Crippen molar-refractivity contribution in [1.29, 1.82) is 0 Å². The SMILES string of the molecule is Cc1ccc(NC(=O)CN(CCCCN)C(=O)O)cc1. The van der Waals surface area contributed by atoms with Gasteiger partial charge in [0.15, 0.2) is 0 Å². The number of nitrogens with two attached hydrogens (primary N) is 1. The van der Waals surface area contributed by atoms with Gasteiger partial charge in [0.2, 0.25) is 5.91 Å². The molecule has 4 N–H and O–H groups in total. The number of amides is 2. The van der Waals surface area contributed by atoms with Crippen LogP contribution in [0.3, 0.4) is 0 Å². The fourth-order valence-electron chi connectivity index (χ4n) is 1.70. The van der Waals surface area contributed by atoms with Gasteiger partial charge in [-0.25, -0.2) is 4.79 Å². The van der Waals surface area contributed by atoms with Crippen LogP contribution in [-0.2, 0) is 4.79 Å². The Morgan fingerprint density at radius 3 is 2.45 bits per heavy atom. The zero-order chi connectivity index (χ0) is 15.0. The highest BCUT2D eigenvalue weighted by atomic mass is 16.4. The third-order valence-corrected chi connectivity index (χ3v) is 2.82. The summed E-state index contributed by atoms with van der Waals surface area (Å²) in [6.45, 7) is 2.61. The van der Waals surface area contributed by atoms with Gasteiger partial charge >= 0.3 is 6.09 Å². The van der Waals surface area contributed by atoms with E-state index in [1.54, 1.807) is 12.1 Å². The van der Waals surface area contributed by atoms with Gasteiger partial charge in [0.1, 0.15) is 6.54 Å². The summed E-state index contributed by atoms with van der Waals surface area (Å²) in [7, 11) is 0. The quantitative estimate of drug-likeness (QED) is 0.661. The lowest BCUT2D eigenvalue weighted by Gasteiger charge is -2.18. The minimum atomic E-state index is -1.10. The first-order valence-corrected chi connectivity index (χ1v) is 6.57. The summed E-state index contributed by atoms with van der Waals surface area (Å²) < 4.78 is 0. The molecule has 1 aromatic rings. The Labute approximate surface area is 118 Å². The predicted octanol–water partition coefficient (Wildman–Crippen LogP) is 1.65. The Bertz CT molecular complexity index is 445. The number of benzene rings is 1. The first-order valence-electron chi connectivity index (χ1n) is 6.57. The maximum absolute atomic E-state index is 11.8. The smallest absolute Gasteiger partial charge is 0.407 e. The highest BCUT2D eigenvalue weighted by Gasteiger charge is 2.15. The molecule has 0 fully saturated rings. The van der Waals surface area contributed by atoms with Crippen LogP contribution in [0.25, 0.3) is 0 Å². The Morgan fingerprint density at radius 2 is 1.90 bits per heavy atom. The molecule has 0 aliphatic heterocycles. The van der Waals surface area contributed by atoms with Crippen molar-refractivity contribution in [2.75, 3.05) is 25.0 Å². The van der Waals surface area contributed by atoms with Gasteiger partial charge in [-0.2, -0.15) is 0 Å². The van der Waals surface area contributed by atoms with Crippen LogP contribution in [0.5, 0.6) is 0 Å². The van der Waals surface area contributed by atoms with E-state index in [0.29, 0.717) is 25.2 Å². The van der Waals surface area contributed by atoms with Gasteiger partial charge in [-0.15, -0.1) is 0 Å². The summed E-state index contributed by atoms with van der Waals surface area (Å²) in [5.41, 5.74) is 7.12. The number of anilines is 1. The van der Waals surface area contributed by atoms with Crippen molar-refractivity contribution in [3.05, 3.63) is 29.8 Å². The van der Waals surface area contributed by atoms with Gasteiger partial charge in [-0.3, -0.25) is 9.69 Å². The van der Waals surface area contributed by atoms with E-state index in [0.717, 1.165) is 16.9 Å². The lowest BCUT2D eigenvalue weighted by molar-refractivity contribution is -0.117. The molecule has 0 saturated carbocycles. The Morgan fingerprint density at radius 1 is 1.25 bits per heavy atom. The second-order valence-corrected chi connectivity index (χ2v) is 4.61. The molecule has 0 atom stereocenters. The maximum Gasteiger partial charge on any atom is 0.407 e. The Balaban J connectivity index is 2.48. The first-order chi connectivity index (χ1) is 9.52. The van der Waals surface area contributed by atoms with Crippen molar-refractivity contribution >= 4 is 17.7 Å². The number of carbonyl (C=O) groups excluding carboxylic acids is 1. The van der Waals surface area contributed by atoms with Crippen LogP contribution in [0.4, 0.5) is 10.5 Å². The van der Waals surface area contributed by atoms with Crippen LogP contribution in [0.2, 0.25) is 0 Å². The summed E-state index contributed by atoms with van der Waals surface area (Å²) in [5.74, 6) is -0.344. The van der Waals surface area contributed by atoms with Gasteiger partial charge in [-0.05, 0) is 38.4 Å². The molecule has 0 unspecified atom stereocenters. The van der Waals surface area contributed by atoms with Crippen LogP contribution in [0, 0.1) is 6.92 Å². The minimum absolute atomic E-state index is 0.173. The van der Waals surface area contributed by atoms with E-state index in [9.17, 15) is 9.59 Å². The van der Waals surface area contributed by atoms with E-state index in [-0.39, 0.29) is 12.5 Å². The zero-order valence-corrected chi connectivity index (χ0v) is 11.6. The van der Waals surface area contributed by atoms with Crippen LogP contribution < -0.4 is 11.1 Å². The predicted molar refractivity (Wildman–Crippen MR) is 77.7 cm³/mol. The van der Waals surface area contributed by atoms with E-state index in [2.05, 4.69) is 5.32 Å². The molecule has 1 aromatic carbocycles. The molecule has 0 heterocycles. The number of hydrogen-bond acceptors (Lipinski definition) is 3. The lowest BCUT2D eigenvalue weighted by Crippen LogP contribution is -2.37. The number of nitrogens with one attached hydrogen (secondary N) is 1. The van der Waals surface area contributed by atoms with Crippen LogP contribution in [0.1, 0.15) is 18.4 Å². The molecular weight excluding hydrogens is 258 g/mol. The van der Waals surface area contributed by atoms with Gasteiger partial charge in [0, 0.05) is 12.2 Å². The molecule has 0 spiro atoms. The van der Waals surface area contributed by atoms with Gasteiger partial charge in [0.25, 0.3) is 0 Å². The van der Waals surface area contributed by atoms with Crippen LogP contribution >= 0.6 is 0 Å². The molecule has 0 aromatic heterocycles. The fourth-order valence-corrected chi connectivity index (χ4v) is 1.70. The largest absolute Gasteiger partial charge is 0.465 e. The average molecular weight is 279 g/mol. The molecule has 110 valence electrons. The van der Waals surface area contributed by atoms with Gasteiger partial charge in [0.05, 0.1) is 0 Å². The lowest BCUT2D eigenvalue weighted by atomic mass is 10.2.